The monoisotopic (exact) mass is 357 g/mol. The van der Waals surface area contributed by atoms with Gasteiger partial charge in [-0.15, -0.1) is 0 Å². The van der Waals surface area contributed by atoms with Crippen LogP contribution in [0.1, 0.15) is 31.4 Å². The summed E-state index contributed by atoms with van der Waals surface area (Å²) in [4.78, 5) is 12.0. The predicted molar refractivity (Wildman–Crippen MR) is 84.7 cm³/mol. The molecule has 3 rings (SSSR count). The van der Waals surface area contributed by atoms with Crippen LogP contribution in [0.4, 0.5) is 0 Å². The van der Waals surface area contributed by atoms with E-state index >= 15 is 0 Å². The average molecular weight is 357 g/mol. The standard InChI is InChI=1S/C15H23N3O5S/c1-10-12(8-16-17(10)2)24(22,23)18-6-5-13(19)15(9-18,14(20)21)7-11-3-4-11/h8,11,13,19H,3-7,9H2,1-2H3,(H,20,21)/t13-,15+/m0/s1. The molecule has 1 saturated carbocycles. The number of carboxylic acids is 1. The van der Waals surface area contributed by atoms with Crippen molar-refractivity contribution in [3.05, 3.63) is 11.9 Å². The number of aliphatic carboxylic acids is 1. The molecule has 0 bridgehead atoms. The first-order chi connectivity index (χ1) is 11.2. The molecule has 2 heterocycles. The molecule has 2 fully saturated rings. The van der Waals surface area contributed by atoms with Crippen LogP contribution in [0, 0.1) is 18.3 Å². The van der Waals surface area contributed by atoms with Crippen molar-refractivity contribution < 1.29 is 23.4 Å². The zero-order valence-electron chi connectivity index (χ0n) is 13.8. The number of hydrogen-bond donors (Lipinski definition) is 2. The fourth-order valence-corrected chi connectivity index (χ4v) is 5.16. The molecule has 0 aromatic carbocycles. The van der Waals surface area contributed by atoms with Gasteiger partial charge in [-0.1, -0.05) is 12.8 Å². The van der Waals surface area contributed by atoms with Crippen molar-refractivity contribution in [3.63, 3.8) is 0 Å². The Morgan fingerprint density at radius 3 is 2.58 bits per heavy atom. The molecule has 2 atom stereocenters. The summed E-state index contributed by atoms with van der Waals surface area (Å²) in [7, 11) is -2.18. The Labute approximate surface area is 141 Å². The van der Waals surface area contributed by atoms with E-state index in [4.69, 9.17) is 0 Å². The molecule has 134 valence electrons. The molecule has 1 aliphatic heterocycles. The minimum absolute atomic E-state index is 0.0899. The molecule has 8 nitrogen and oxygen atoms in total. The fraction of sp³-hybridized carbons (Fsp3) is 0.733. The van der Waals surface area contributed by atoms with E-state index in [1.165, 1.54) is 15.2 Å². The van der Waals surface area contributed by atoms with Gasteiger partial charge in [-0.3, -0.25) is 9.48 Å². The average Bonchev–Trinajstić information content (AvgIpc) is 3.26. The van der Waals surface area contributed by atoms with Gasteiger partial charge in [0.1, 0.15) is 10.3 Å². The number of carbonyl (C=O) groups is 1. The smallest absolute Gasteiger partial charge is 0.313 e. The molecule has 0 radical (unpaired) electrons. The second-order valence-corrected chi connectivity index (χ2v) is 8.88. The largest absolute Gasteiger partial charge is 0.481 e. The Bertz CT molecular complexity index is 755. The quantitative estimate of drug-likeness (QED) is 0.786. The maximum absolute atomic E-state index is 12.9. The molecule has 1 saturated heterocycles. The summed E-state index contributed by atoms with van der Waals surface area (Å²) < 4.78 is 28.5. The predicted octanol–water partition coefficient (Wildman–Crippen LogP) is 0.355. The number of aromatic nitrogens is 2. The van der Waals surface area contributed by atoms with Crippen LogP contribution < -0.4 is 0 Å². The van der Waals surface area contributed by atoms with Crippen LogP contribution in [-0.2, 0) is 21.9 Å². The van der Waals surface area contributed by atoms with E-state index in [2.05, 4.69) is 5.10 Å². The molecule has 1 aliphatic carbocycles. The molecule has 0 unspecified atom stereocenters. The van der Waals surface area contributed by atoms with Gasteiger partial charge in [-0.2, -0.15) is 9.40 Å². The lowest BCUT2D eigenvalue weighted by Gasteiger charge is -2.42. The maximum atomic E-state index is 12.9. The number of sulfonamides is 1. The third-order valence-electron chi connectivity index (χ3n) is 5.33. The van der Waals surface area contributed by atoms with Crippen LogP contribution in [-0.4, -0.2) is 57.9 Å². The lowest BCUT2D eigenvalue weighted by atomic mass is 9.74. The minimum atomic E-state index is -3.84. The molecule has 0 amide bonds. The second-order valence-electron chi connectivity index (χ2n) is 6.97. The SMILES string of the molecule is Cc1c(S(=O)(=O)N2CC[C@H](O)[C@](CC3CC3)(C(=O)O)C2)cnn1C. The van der Waals surface area contributed by atoms with Crippen molar-refractivity contribution in [1.82, 2.24) is 14.1 Å². The number of rotatable bonds is 5. The van der Waals surface area contributed by atoms with Crippen LogP contribution in [0.5, 0.6) is 0 Å². The summed E-state index contributed by atoms with van der Waals surface area (Å²) in [5.74, 6) is -0.858. The van der Waals surface area contributed by atoms with Crippen molar-refractivity contribution >= 4 is 16.0 Å². The highest BCUT2D eigenvalue weighted by Gasteiger charge is 2.53. The van der Waals surface area contributed by atoms with Gasteiger partial charge in [0.2, 0.25) is 10.0 Å². The Morgan fingerprint density at radius 1 is 1.42 bits per heavy atom. The Morgan fingerprint density at radius 2 is 2.08 bits per heavy atom. The van der Waals surface area contributed by atoms with Crippen LogP contribution in [0.2, 0.25) is 0 Å². The highest BCUT2D eigenvalue weighted by atomic mass is 32.2. The molecular weight excluding hydrogens is 334 g/mol. The summed E-state index contributed by atoms with van der Waals surface area (Å²) in [5.41, 5.74) is -0.924. The maximum Gasteiger partial charge on any atom is 0.313 e. The molecule has 24 heavy (non-hydrogen) atoms. The zero-order valence-corrected chi connectivity index (χ0v) is 14.7. The molecule has 1 aromatic heterocycles. The second kappa shape index (κ2) is 5.82. The number of piperidine rings is 1. The highest BCUT2D eigenvalue weighted by Crippen LogP contribution is 2.45. The van der Waals surface area contributed by atoms with Gasteiger partial charge >= 0.3 is 5.97 Å². The first kappa shape index (κ1) is 17.4. The fourth-order valence-electron chi connectivity index (χ4n) is 3.45. The number of aliphatic hydroxyl groups is 1. The summed E-state index contributed by atoms with van der Waals surface area (Å²) in [6, 6.07) is 0. The van der Waals surface area contributed by atoms with Crippen molar-refractivity contribution in [2.45, 2.75) is 43.6 Å². The van der Waals surface area contributed by atoms with Crippen LogP contribution in [0.3, 0.4) is 0 Å². The van der Waals surface area contributed by atoms with Gasteiger partial charge < -0.3 is 10.2 Å². The van der Waals surface area contributed by atoms with E-state index in [1.807, 2.05) is 0 Å². The van der Waals surface area contributed by atoms with Gasteiger partial charge in [-0.25, -0.2) is 8.42 Å². The molecule has 2 N–H and O–H groups in total. The van der Waals surface area contributed by atoms with Crippen molar-refractivity contribution in [3.8, 4) is 0 Å². The van der Waals surface area contributed by atoms with E-state index in [0.717, 1.165) is 12.8 Å². The number of nitrogens with zero attached hydrogens (tertiary/aromatic N) is 3. The Hall–Kier alpha value is -1.45. The zero-order chi connectivity index (χ0) is 17.7. The Balaban J connectivity index is 1.94. The van der Waals surface area contributed by atoms with E-state index < -0.39 is 27.5 Å². The van der Waals surface area contributed by atoms with Gasteiger partial charge in [0.25, 0.3) is 0 Å². The highest BCUT2D eigenvalue weighted by molar-refractivity contribution is 7.89. The summed E-state index contributed by atoms with van der Waals surface area (Å²) in [6.45, 7) is 1.57. The van der Waals surface area contributed by atoms with Gasteiger partial charge in [-0.05, 0) is 25.7 Å². The van der Waals surface area contributed by atoms with Gasteiger partial charge in [0, 0.05) is 20.1 Å². The van der Waals surface area contributed by atoms with E-state index in [9.17, 15) is 23.4 Å². The molecule has 2 aliphatic rings. The van der Waals surface area contributed by atoms with Crippen molar-refractivity contribution in [2.24, 2.45) is 18.4 Å². The van der Waals surface area contributed by atoms with Crippen molar-refractivity contribution in [2.75, 3.05) is 13.1 Å². The van der Waals surface area contributed by atoms with Crippen LogP contribution >= 0.6 is 0 Å². The molecule has 1 aromatic rings. The lowest BCUT2D eigenvalue weighted by molar-refractivity contribution is -0.162. The number of aryl methyl sites for hydroxylation is 1. The Kier molecular flexibility index (Phi) is 4.21. The number of carboxylic acid groups (broad SMARTS) is 1. The van der Waals surface area contributed by atoms with Gasteiger partial charge in [0.15, 0.2) is 0 Å². The summed E-state index contributed by atoms with van der Waals surface area (Å²) >= 11 is 0. The summed E-state index contributed by atoms with van der Waals surface area (Å²) in [6.07, 6.45) is 2.59. The van der Waals surface area contributed by atoms with Crippen LogP contribution in [0.15, 0.2) is 11.1 Å². The number of hydrogen-bond acceptors (Lipinski definition) is 5. The normalized spacial score (nSPS) is 28.9. The molecule has 0 spiro atoms. The van der Waals surface area contributed by atoms with Gasteiger partial charge in [0.05, 0.1) is 18.0 Å². The van der Waals surface area contributed by atoms with Crippen LogP contribution in [0.25, 0.3) is 0 Å². The topological polar surface area (TPSA) is 113 Å². The summed E-state index contributed by atoms with van der Waals surface area (Å²) in [5, 5.41) is 24.1. The number of aliphatic hydroxyl groups excluding tert-OH is 1. The lowest BCUT2D eigenvalue weighted by Crippen LogP contribution is -2.57. The van der Waals surface area contributed by atoms with E-state index in [-0.39, 0.29) is 30.3 Å². The molecule has 9 heteroatoms. The van der Waals surface area contributed by atoms with E-state index in [0.29, 0.717) is 12.1 Å². The third-order valence-corrected chi connectivity index (χ3v) is 7.28. The first-order valence-corrected chi connectivity index (χ1v) is 9.52. The van der Waals surface area contributed by atoms with E-state index in [1.54, 1.807) is 14.0 Å². The minimum Gasteiger partial charge on any atom is -0.481 e. The third kappa shape index (κ3) is 2.74. The first-order valence-electron chi connectivity index (χ1n) is 8.08. The molecular formula is C15H23N3O5S. The van der Waals surface area contributed by atoms with Crippen molar-refractivity contribution in [1.29, 1.82) is 0 Å².